The highest BCUT2D eigenvalue weighted by Gasteiger charge is 2.30. The molecule has 1 atom stereocenters. The first-order valence-corrected chi connectivity index (χ1v) is 8.70. The van der Waals surface area contributed by atoms with E-state index in [-0.39, 0.29) is 5.25 Å². The highest BCUT2D eigenvalue weighted by atomic mass is 32.2. The van der Waals surface area contributed by atoms with Gasteiger partial charge in [0.05, 0.1) is 18.1 Å². The molecule has 0 amide bonds. The van der Waals surface area contributed by atoms with Crippen molar-refractivity contribution in [1.82, 2.24) is 4.98 Å². The molecule has 1 aliphatic heterocycles. The number of nitrogens with zero attached hydrogens (tertiary/aromatic N) is 1. The fourth-order valence-electron chi connectivity index (χ4n) is 2.71. The predicted octanol–water partition coefficient (Wildman–Crippen LogP) is 2.23. The molecule has 1 saturated heterocycles. The number of aromatic nitrogens is 1. The van der Waals surface area contributed by atoms with Crippen molar-refractivity contribution in [2.24, 2.45) is 0 Å². The molecule has 1 N–H and O–H groups in total. The van der Waals surface area contributed by atoms with Gasteiger partial charge in [-0.25, -0.2) is 13.4 Å². The van der Waals surface area contributed by atoms with Gasteiger partial charge in [0.25, 0.3) is 0 Å². The summed E-state index contributed by atoms with van der Waals surface area (Å²) in [6.07, 6.45) is 3.20. The first kappa shape index (κ1) is 14.1. The second-order valence-corrected chi connectivity index (χ2v) is 7.66. The molecule has 0 aliphatic carbocycles. The van der Waals surface area contributed by atoms with Crippen LogP contribution in [0.25, 0.3) is 10.8 Å². The molecular weight excluding hydrogens is 288 g/mol. The maximum absolute atomic E-state index is 11.9. The number of pyridine rings is 1. The van der Waals surface area contributed by atoms with Gasteiger partial charge in [-0.05, 0) is 36.4 Å². The summed E-state index contributed by atoms with van der Waals surface area (Å²) < 4.78 is 29.0. The minimum absolute atomic E-state index is 0.302. The van der Waals surface area contributed by atoms with E-state index in [4.69, 9.17) is 4.74 Å². The van der Waals surface area contributed by atoms with Gasteiger partial charge in [0.2, 0.25) is 0 Å². The third kappa shape index (κ3) is 2.81. The minimum Gasteiger partial charge on any atom is -0.497 e. The Morgan fingerprint density at radius 2 is 2.24 bits per heavy atom. The van der Waals surface area contributed by atoms with E-state index in [1.807, 2.05) is 24.3 Å². The van der Waals surface area contributed by atoms with E-state index < -0.39 is 9.84 Å². The maximum Gasteiger partial charge on any atom is 0.154 e. The zero-order valence-corrected chi connectivity index (χ0v) is 12.7. The van der Waals surface area contributed by atoms with Crippen LogP contribution in [0.3, 0.4) is 0 Å². The Morgan fingerprint density at radius 1 is 1.38 bits per heavy atom. The van der Waals surface area contributed by atoms with Crippen LogP contribution in [0.15, 0.2) is 30.5 Å². The first-order valence-electron chi connectivity index (χ1n) is 6.98. The maximum atomic E-state index is 11.9. The average molecular weight is 306 g/mol. The molecule has 1 aromatic heterocycles. The summed E-state index contributed by atoms with van der Waals surface area (Å²) in [5, 5.41) is 4.87. The molecule has 1 fully saturated rings. The lowest BCUT2D eigenvalue weighted by Crippen LogP contribution is -2.25. The monoisotopic (exact) mass is 306 g/mol. The van der Waals surface area contributed by atoms with Crippen LogP contribution in [-0.2, 0) is 9.84 Å². The second-order valence-electron chi connectivity index (χ2n) is 5.26. The molecule has 1 aromatic carbocycles. The standard InChI is InChI=1S/C15H18N2O3S/c1-20-12-5-4-11-6-7-16-15(14(11)9-12)17-10-13-3-2-8-21(13,18)19/h4-7,9,13H,2-3,8,10H2,1H3,(H,16,17). The van der Waals surface area contributed by atoms with Gasteiger partial charge in [0.1, 0.15) is 11.6 Å². The molecule has 6 heteroatoms. The number of ether oxygens (including phenoxy) is 1. The van der Waals surface area contributed by atoms with Crippen molar-refractivity contribution in [3.05, 3.63) is 30.5 Å². The average Bonchev–Trinajstić information content (AvgIpc) is 2.83. The topological polar surface area (TPSA) is 68.3 Å². The summed E-state index contributed by atoms with van der Waals surface area (Å²) in [6, 6.07) is 7.70. The van der Waals surface area contributed by atoms with Crippen LogP contribution < -0.4 is 10.1 Å². The third-order valence-electron chi connectivity index (χ3n) is 3.93. The SMILES string of the molecule is COc1ccc2ccnc(NCC3CCCS3(=O)=O)c2c1. The van der Waals surface area contributed by atoms with Crippen LogP contribution in [0.2, 0.25) is 0 Å². The molecule has 2 aromatic rings. The van der Waals surface area contributed by atoms with Gasteiger partial charge in [0, 0.05) is 18.1 Å². The fourth-order valence-corrected chi connectivity index (χ4v) is 4.48. The minimum atomic E-state index is -2.94. The van der Waals surface area contributed by atoms with E-state index in [0.717, 1.165) is 29.4 Å². The van der Waals surface area contributed by atoms with Gasteiger partial charge in [-0.15, -0.1) is 0 Å². The molecule has 1 aliphatic rings. The number of benzene rings is 1. The molecule has 0 radical (unpaired) electrons. The van der Waals surface area contributed by atoms with Gasteiger partial charge in [-0.1, -0.05) is 6.07 Å². The van der Waals surface area contributed by atoms with Crippen LogP contribution >= 0.6 is 0 Å². The number of hydrogen-bond donors (Lipinski definition) is 1. The summed E-state index contributed by atoms with van der Waals surface area (Å²) in [6.45, 7) is 0.408. The predicted molar refractivity (Wildman–Crippen MR) is 83.6 cm³/mol. The third-order valence-corrected chi connectivity index (χ3v) is 6.21. The van der Waals surface area contributed by atoms with Gasteiger partial charge in [-0.2, -0.15) is 0 Å². The molecule has 3 rings (SSSR count). The van der Waals surface area contributed by atoms with Gasteiger partial charge < -0.3 is 10.1 Å². The Labute approximate surface area is 124 Å². The summed E-state index contributed by atoms with van der Waals surface area (Å²) in [5.41, 5.74) is 0. The van der Waals surface area contributed by atoms with Crippen LogP contribution in [-0.4, -0.2) is 38.1 Å². The number of sulfone groups is 1. The molecule has 5 nitrogen and oxygen atoms in total. The van der Waals surface area contributed by atoms with E-state index in [9.17, 15) is 8.42 Å². The van der Waals surface area contributed by atoms with E-state index in [0.29, 0.717) is 18.1 Å². The normalized spacial score (nSPS) is 20.5. The van der Waals surface area contributed by atoms with E-state index in [1.54, 1.807) is 13.3 Å². The Morgan fingerprint density at radius 3 is 2.95 bits per heavy atom. The van der Waals surface area contributed by atoms with Crippen molar-refractivity contribution in [3.8, 4) is 5.75 Å². The largest absolute Gasteiger partial charge is 0.497 e. The van der Waals surface area contributed by atoms with E-state index in [2.05, 4.69) is 10.3 Å². The van der Waals surface area contributed by atoms with Crippen molar-refractivity contribution >= 4 is 26.4 Å². The molecule has 112 valence electrons. The smallest absolute Gasteiger partial charge is 0.154 e. The molecular formula is C15H18N2O3S. The van der Waals surface area contributed by atoms with E-state index >= 15 is 0 Å². The highest BCUT2D eigenvalue weighted by Crippen LogP contribution is 2.27. The molecule has 0 spiro atoms. The zero-order chi connectivity index (χ0) is 14.9. The first-order chi connectivity index (χ1) is 10.1. The van der Waals surface area contributed by atoms with Gasteiger partial charge >= 0.3 is 0 Å². The summed E-state index contributed by atoms with van der Waals surface area (Å²) >= 11 is 0. The van der Waals surface area contributed by atoms with Crippen molar-refractivity contribution in [2.75, 3.05) is 24.7 Å². The summed E-state index contributed by atoms with van der Waals surface area (Å²) in [7, 11) is -1.32. The lowest BCUT2D eigenvalue weighted by atomic mass is 10.1. The van der Waals surface area contributed by atoms with E-state index in [1.165, 1.54) is 0 Å². The highest BCUT2D eigenvalue weighted by molar-refractivity contribution is 7.92. The van der Waals surface area contributed by atoms with Gasteiger partial charge in [0.15, 0.2) is 9.84 Å². The number of fused-ring (bicyclic) bond motifs is 1. The van der Waals surface area contributed by atoms with Crippen LogP contribution in [0.1, 0.15) is 12.8 Å². The Kier molecular flexibility index (Phi) is 3.71. The lowest BCUT2D eigenvalue weighted by Gasteiger charge is -2.13. The van der Waals surface area contributed by atoms with Crippen LogP contribution in [0.5, 0.6) is 5.75 Å². The van der Waals surface area contributed by atoms with Crippen molar-refractivity contribution < 1.29 is 13.2 Å². The number of methoxy groups -OCH3 is 1. The number of rotatable bonds is 4. The zero-order valence-electron chi connectivity index (χ0n) is 11.9. The molecule has 21 heavy (non-hydrogen) atoms. The van der Waals surface area contributed by atoms with Gasteiger partial charge in [-0.3, -0.25) is 0 Å². The number of hydrogen-bond acceptors (Lipinski definition) is 5. The molecule has 0 bridgehead atoms. The quantitative estimate of drug-likeness (QED) is 0.938. The fraction of sp³-hybridized carbons (Fsp3) is 0.400. The molecule has 2 heterocycles. The summed E-state index contributed by atoms with van der Waals surface area (Å²) in [4.78, 5) is 4.33. The number of nitrogens with one attached hydrogen (secondary N) is 1. The molecule has 1 unspecified atom stereocenters. The van der Waals surface area contributed by atoms with Crippen LogP contribution in [0.4, 0.5) is 5.82 Å². The second kappa shape index (κ2) is 5.52. The van der Waals surface area contributed by atoms with Crippen molar-refractivity contribution in [2.45, 2.75) is 18.1 Å². The summed E-state index contributed by atoms with van der Waals surface area (Å²) in [5.74, 6) is 1.76. The van der Waals surface area contributed by atoms with Crippen molar-refractivity contribution in [1.29, 1.82) is 0 Å². The Hall–Kier alpha value is -1.82. The number of anilines is 1. The van der Waals surface area contributed by atoms with Crippen molar-refractivity contribution in [3.63, 3.8) is 0 Å². The lowest BCUT2D eigenvalue weighted by molar-refractivity contribution is 0.415. The Balaban J connectivity index is 1.86. The van der Waals surface area contributed by atoms with Crippen LogP contribution in [0, 0.1) is 0 Å². The Bertz CT molecular complexity index is 759. The molecule has 0 saturated carbocycles.